The zero-order chi connectivity index (χ0) is 9.52. The molecule has 0 radical (unpaired) electrons. The molecule has 1 aromatic rings. The molecule has 0 N–H and O–H groups in total. The smallest absolute Gasteiger partial charge is 0.216 e. The van der Waals surface area contributed by atoms with Crippen LogP contribution in [-0.4, -0.2) is 19.6 Å². The van der Waals surface area contributed by atoms with Gasteiger partial charge in [0.15, 0.2) is 0 Å². The molecule has 0 aliphatic heterocycles. The Bertz CT molecular complexity index is 325. The Labute approximate surface area is 77.3 Å². The van der Waals surface area contributed by atoms with Crippen LogP contribution in [0, 0.1) is 11.3 Å². The molecule has 66 valence electrons. The number of hydrogen-bond acceptors (Lipinski definition) is 3. The first-order valence-electron chi connectivity index (χ1n) is 3.89. The molecule has 0 fully saturated rings. The highest BCUT2D eigenvalue weighted by Gasteiger charge is 1.99. The van der Waals surface area contributed by atoms with E-state index in [1.807, 2.05) is 36.4 Å². The highest BCUT2D eigenvalue weighted by atomic mass is 16.5. The van der Waals surface area contributed by atoms with E-state index in [-0.39, 0.29) is 6.54 Å². The fourth-order valence-electron chi connectivity index (χ4n) is 0.962. The number of nitrogens with zero attached hydrogens (tertiary/aromatic N) is 2. The molecule has 3 nitrogen and oxygen atoms in total. The lowest BCUT2D eigenvalue weighted by atomic mass is 10.2. The van der Waals surface area contributed by atoms with E-state index in [0.717, 1.165) is 5.56 Å². The van der Waals surface area contributed by atoms with Gasteiger partial charge in [-0.3, -0.25) is 0 Å². The Morgan fingerprint density at radius 1 is 1.46 bits per heavy atom. The van der Waals surface area contributed by atoms with Crippen molar-refractivity contribution in [2.45, 2.75) is 0 Å². The van der Waals surface area contributed by atoms with E-state index in [1.165, 1.54) is 0 Å². The Morgan fingerprint density at radius 2 is 2.15 bits per heavy atom. The molecule has 0 saturated heterocycles. The number of methoxy groups -OCH3 is 1. The normalized spacial score (nSPS) is 10.6. The van der Waals surface area contributed by atoms with E-state index >= 15 is 0 Å². The van der Waals surface area contributed by atoms with Gasteiger partial charge in [-0.05, 0) is 12.1 Å². The Morgan fingerprint density at radius 3 is 2.69 bits per heavy atom. The molecule has 0 aromatic heterocycles. The molecule has 0 amide bonds. The van der Waals surface area contributed by atoms with Crippen molar-refractivity contribution in [1.82, 2.24) is 0 Å². The molecule has 0 heterocycles. The number of benzene rings is 1. The van der Waals surface area contributed by atoms with Crippen LogP contribution >= 0.6 is 0 Å². The first kappa shape index (κ1) is 9.27. The monoisotopic (exact) mass is 174 g/mol. The van der Waals surface area contributed by atoms with Gasteiger partial charge in [-0.2, -0.15) is 5.26 Å². The summed E-state index contributed by atoms with van der Waals surface area (Å²) in [6.45, 7) is 0.123. The van der Waals surface area contributed by atoms with Crippen molar-refractivity contribution in [2.24, 2.45) is 4.99 Å². The largest absolute Gasteiger partial charge is 0.481 e. The van der Waals surface area contributed by atoms with E-state index < -0.39 is 0 Å². The van der Waals surface area contributed by atoms with Crippen LogP contribution in [-0.2, 0) is 4.74 Å². The standard InChI is InChI=1S/C10H10N2O/c1-13-10(12-8-7-11)9-5-3-2-4-6-9/h2-6H,8H2,1H3. The Balaban J connectivity index is 2.86. The van der Waals surface area contributed by atoms with Crippen molar-refractivity contribution in [3.05, 3.63) is 35.9 Å². The maximum Gasteiger partial charge on any atom is 0.216 e. The van der Waals surface area contributed by atoms with Gasteiger partial charge in [-0.1, -0.05) is 18.2 Å². The molecule has 0 atom stereocenters. The van der Waals surface area contributed by atoms with Crippen molar-refractivity contribution in [3.63, 3.8) is 0 Å². The lowest BCUT2D eigenvalue weighted by Crippen LogP contribution is -2.03. The van der Waals surface area contributed by atoms with Gasteiger partial charge in [-0.15, -0.1) is 0 Å². The van der Waals surface area contributed by atoms with Crippen LogP contribution in [0.4, 0.5) is 0 Å². The van der Waals surface area contributed by atoms with Crippen LogP contribution in [0.15, 0.2) is 35.3 Å². The average molecular weight is 174 g/mol. The predicted octanol–water partition coefficient (Wildman–Crippen LogP) is 1.60. The van der Waals surface area contributed by atoms with Crippen molar-refractivity contribution >= 4 is 5.90 Å². The van der Waals surface area contributed by atoms with Gasteiger partial charge < -0.3 is 4.74 Å². The molecule has 1 aromatic carbocycles. The summed E-state index contributed by atoms with van der Waals surface area (Å²) in [6, 6.07) is 11.4. The molecule has 3 heteroatoms. The Kier molecular flexibility index (Phi) is 3.52. The van der Waals surface area contributed by atoms with Crippen molar-refractivity contribution < 1.29 is 4.74 Å². The van der Waals surface area contributed by atoms with Crippen LogP contribution in [0.25, 0.3) is 0 Å². The fourth-order valence-corrected chi connectivity index (χ4v) is 0.962. The summed E-state index contributed by atoms with van der Waals surface area (Å²) in [4.78, 5) is 3.96. The molecule has 0 saturated carbocycles. The summed E-state index contributed by atoms with van der Waals surface area (Å²) >= 11 is 0. The summed E-state index contributed by atoms with van der Waals surface area (Å²) in [5.41, 5.74) is 0.889. The lowest BCUT2D eigenvalue weighted by Gasteiger charge is -2.02. The van der Waals surface area contributed by atoms with E-state index in [1.54, 1.807) is 7.11 Å². The zero-order valence-corrected chi connectivity index (χ0v) is 7.40. The molecule has 0 bridgehead atoms. The Hall–Kier alpha value is -1.82. The summed E-state index contributed by atoms with van der Waals surface area (Å²) < 4.78 is 5.04. The van der Waals surface area contributed by atoms with Gasteiger partial charge >= 0.3 is 0 Å². The van der Waals surface area contributed by atoms with Gasteiger partial charge in [0.2, 0.25) is 5.90 Å². The molecule has 1 rings (SSSR count). The van der Waals surface area contributed by atoms with Crippen LogP contribution in [0.1, 0.15) is 5.56 Å². The minimum atomic E-state index is 0.123. The molecule has 13 heavy (non-hydrogen) atoms. The molecule has 0 aliphatic rings. The SMILES string of the molecule is COC(=NCC#N)c1ccccc1. The summed E-state index contributed by atoms with van der Waals surface area (Å²) in [7, 11) is 1.54. The van der Waals surface area contributed by atoms with Gasteiger partial charge in [0, 0.05) is 5.56 Å². The summed E-state index contributed by atoms with van der Waals surface area (Å²) in [6.07, 6.45) is 0. The van der Waals surface area contributed by atoms with Crippen LogP contribution < -0.4 is 0 Å². The highest BCUT2D eigenvalue weighted by Crippen LogP contribution is 2.01. The number of nitriles is 1. The number of ether oxygens (including phenoxy) is 1. The molecule has 0 aliphatic carbocycles. The van der Waals surface area contributed by atoms with Crippen LogP contribution in [0.5, 0.6) is 0 Å². The van der Waals surface area contributed by atoms with Crippen molar-refractivity contribution in [2.75, 3.05) is 13.7 Å². The van der Waals surface area contributed by atoms with Gasteiger partial charge in [0.25, 0.3) is 0 Å². The van der Waals surface area contributed by atoms with E-state index in [2.05, 4.69) is 4.99 Å². The van der Waals surface area contributed by atoms with Crippen LogP contribution in [0.2, 0.25) is 0 Å². The minimum Gasteiger partial charge on any atom is -0.481 e. The minimum absolute atomic E-state index is 0.123. The maximum atomic E-state index is 8.34. The second-order valence-corrected chi connectivity index (χ2v) is 2.35. The van der Waals surface area contributed by atoms with Crippen molar-refractivity contribution in [3.8, 4) is 6.07 Å². The molecular formula is C10H10N2O. The quantitative estimate of drug-likeness (QED) is 0.388. The zero-order valence-electron chi connectivity index (χ0n) is 7.40. The molecular weight excluding hydrogens is 164 g/mol. The third-order valence-electron chi connectivity index (χ3n) is 1.51. The molecule has 0 spiro atoms. The topological polar surface area (TPSA) is 45.4 Å². The predicted molar refractivity (Wildman–Crippen MR) is 50.5 cm³/mol. The fraction of sp³-hybridized carbons (Fsp3) is 0.200. The van der Waals surface area contributed by atoms with Crippen molar-refractivity contribution in [1.29, 1.82) is 5.26 Å². The second-order valence-electron chi connectivity index (χ2n) is 2.35. The molecule has 0 unspecified atom stereocenters. The number of aliphatic imine (C=N–C) groups is 1. The van der Waals surface area contributed by atoms with Gasteiger partial charge in [0.05, 0.1) is 13.2 Å². The second kappa shape index (κ2) is 4.94. The average Bonchev–Trinajstić information content (AvgIpc) is 2.21. The van der Waals surface area contributed by atoms with E-state index in [4.69, 9.17) is 10.00 Å². The van der Waals surface area contributed by atoms with E-state index in [0.29, 0.717) is 5.90 Å². The summed E-state index contributed by atoms with van der Waals surface area (Å²) in [5.74, 6) is 0.502. The number of hydrogen-bond donors (Lipinski definition) is 0. The maximum absolute atomic E-state index is 8.34. The third-order valence-corrected chi connectivity index (χ3v) is 1.51. The first-order valence-corrected chi connectivity index (χ1v) is 3.89. The highest BCUT2D eigenvalue weighted by molar-refractivity contribution is 5.94. The van der Waals surface area contributed by atoms with Gasteiger partial charge in [0.1, 0.15) is 6.54 Å². The lowest BCUT2D eigenvalue weighted by molar-refractivity contribution is 0.403. The third kappa shape index (κ3) is 2.60. The van der Waals surface area contributed by atoms with Crippen LogP contribution in [0.3, 0.4) is 0 Å². The van der Waals surface area contributed by atoms with E-state index in [9.17, 15) is 0 Å². The summed E-state index contributed by atoms with van der Waals surface area (Å²) in [5, 5.41) is 8.34. The first-order chi connectivity index (χ1) is 6.38. The van der Waals surface area contributed by atoms with Gasteiger partial charge in [-0.25, -0.2) is 4.99 Å². The number of rotatable bonds is 2.